The largest absolute Gasteiger partial charge is 0.417 e. The van der Waals surface area contributed by atoms with Crippen LogP contribution in [0.2, 0.25) is 5.02 Å². The molecule has 0 aliphatic rings. The standard InChI is InChI=1S/C23H18ClF4N5/c1-22(2,3)20-12(10-29)19(33(4)32-20)21-30-16-9-11(8-14(24)18(16)31-21)17-13(23(26,27)28)6-5-7-15(17)25/h5-9H,1-4H3,(H,30,31). The fourth-order valence-corrected chi connectivity index (χ4v) is 4.07. The summed E-state index contributed by atoms with van der Waals surface area (Å²) in [6.45, 7) is 5.77. The monoisotopic (exact) mass is 475 g/mol. The van der Waals surface area contributed by atoms with E-state index in [0.717, 1.165) is 18.2 Å². The highest BCUT2D eigenvalue weighted by molar-refractivity contribution is 6.35. The summed E-state index contributed by atoms with van der Waals surface area (Å²) < 4.78 is 56.6. The second-order valence-corrected chi connectivity index (χ2v) is 9.06. The maximum atomic E-state index is 14.5. The number of halogens is 5. The zero-order valence-electron chi connectivity index (χ0n) is 18.1. The highest BCUT2D eigenvalue weighted by atomic mass is 35.5. The van der Waals surface area contributed by atoms with Crippen LogP contribution in [0.4, 0.5) is 17.6 Å². The van der Waals surface area contributed by atoms with E-state index in [1.54, 1.807) is 7.05 Å². The summed E-state index contributed by atoms with van der Waals surface area (Å²) in [7, 11) is 1.67. The number of fused-ring (bicyclic) bond motifs is 1. The molecule has 0 saturated heterocycles. The molecule has 0 aliphatic carbocycles. The Morgan fingerprint density at radius 2 is 1.85 bits per heavy atom. The minimum atomic E-state index is -4.75. The van der Waals surface area contributed by atoms with Gasteiger partial charge in [0.2, 0.25) is 0 Å². The summed E-state index contributed by atoms with van der Waals surface area (Å²) in [6.07, 6.45) is -4.75. The molecule has 0 saturated carbocycles. The molecule has 0 fully saturated rings. The van der Waals surface area contributed by atoms with E-state index in [-0.39, 0.29) is 21.9 Å². The van der Waals surface area contributed by atoms with Gasteiger partial charge in [-0.2, -0.15) is 23.5 Å². The Bertz CT molecular complexity index is 1430. The van der Waals surface area contributed by atoms with Crippen molar-refractivity contribution in [1.29, 1.82) is 5.26 Å². The van der Waals surface area contributed by atoms with Crippen molar-refractivity contribution in [1.82, 2.24) is 19.7 Å². The number of imidazole rings is 1. The van der Waals surface area contributed by atoms with Crippen molar-refractivity contribution < 1.29 is 17.6 Å². The lowest BCUT2D eigenvalue weighted by Crippen LogP contribution is -2.14. The number of nitrogens with zero attached hydrogens (tertiary/aromatic N) is 4. The van der Waals surface area contributed by atoms with Crippen molar-refractivity contribution in [2.75, 3.05) is 0 Å². The summed E-state index contributed by atoms with van der Waals surface area (Å²) in [6, 6.07) is 7.56. The normalized spacial score (nSPS) is 12.4. The van der Waals surface area contributed by atoms with E-state index in [1.165, 1.54) is 16.8 Å². The van der Waals surface area contributed by atoms with Crippen LogP contribution in [0.5, 0.6) is 0 Å². The lowest BCUT2D eigenvalue weighted by molar-refractivity contribution is -0.137. The molecule has 2 aromatic heterocycles. The van der Waals surface area contributed by atoms with Crippen LogP contribution in [0.25, 0.3) is 33.7 Å². The van der Waals surface area contributed by atoms with Gasteiger partial charge in [0.05, 0.1) is 21.8 Å². The van der Waals surface area contributed by atoms with Gasteiger partial charge < -0.3 is 4.98 Å². The zero-order valence-corrected chi connectivity index (χ0v) is 18.8. The number of aryl methyl sites for hydroxylation is 1. The third-order valence-electron chi connectivity index (χ3n) is 5.24. The van der Waals surface area contributed by atoms with Gasteiger partial charge in [-0.1, -0.05) is 38.4 Å². The number of benzene rings is 2. The van der Waals surface area contributed by atoms with Gasteiger partial charge in [-0.25, -0.2) is 9.37 Å². The van der Waals surface area contributed by atoms with E-state index in [9.17, 15) is 22.8 Å². The van der Waals surface area contributed by atoms with Gasteiger partial charge >= 0.3 is 6.18 Å². The van der Waals surface area contributed by atoms with E-state index in [0.29, 0.717) is 22.5 Å². The van der Waals surface area contributed by atoms with E-state index in [2.05, 4.69) is 21.1 Å². The summed E-state index contributed by atoms with van der Waals surface area (Å²) in [4.78, 5) is 7.47. The lowest BCUT2D eigenvalue weighted by Gasteiger charge is -2.15. The van der Waals surface area contributed by atoms with Gasteiger partial charge in [0.25, 0.3) is 0 Å². The molecule has 2 heterocycles. The lowest BCUT2D eigenvalue weighted by atomic mass is 9.89. The Morgan fingerprint density at radius 3 is 2.45 bits per heavy atom. The molecule has 0 amide bonds. The first-order valence-electron chi connectivity index (χ1n) is 9.86. The van der Waals surface area contributed by atoms with Crippen molar-refractivity contribution in [2.45, 2.75) is 32.4 Å². The number of nitriles is 1. The molecule has 33 heavy (non-hydrogen) atoms. The van der Waals surface area contributed by atoms with Crippen LogP contribution in [0, 0.1) is 17.1 Å². The highest BCUT2D eigenvalue weighted by Crippen LogP contribution is 2.41. The Hall–Kier alpha value is -3.38. The molecule has 5 nitrogen and oxygen atoms in total. The van der Waals surface area contributed by atoms with Crippen LogP contribution < -0.4 is 0 Å². The number of hydrogen-bond acceptors (Lipinski definition) is 3. The molecule has 4 aromatic rings. The fraction of sp³-hybridized carbons (Fsp3) is 0.261. The maximum absolute atomic E-state index is 14.5. The summed E-state index contributed by atoms with van der Waals surface area (Å²) in [5, 5.41) is 14.3. The summed E-state index contributed by atoms with van der Waals surface area (Å²) >= 11 is 6.35. The van der Waals surface area contributed by atoms with Crippen LogP contribution in [0.3, 0.4) is 0 Å². The third kappa shape index (κ3) is 3.85. The number of nitrogens with one attached hydrogen (secondary N) is 1. The molecule has 0 atom stereocenters. The number of aromatic nitrogens is 4. The molecule has 0 unspecified atom stereocenters. The first-order valence-corrected chi connectivity index (χ1v) is 10.2. The Balaban J connectivity index is 1.95. The van der Waals surface area contributed by atoms with E-state index >= 15 is 0 Å². The minimum Gasteiger partial charge on any atom is -0.337 e. The van der Waals surface area contributed by atoms with Crippen LogP contribution in [-0.2, 0) is 18.6 Å². The first kappa shape index (κ1) is 22.8. The van der Waals surface area contributed by atoms with Crippen molar-refractivity contribution in [3.8, 4) is 28.7 Å². The van der Waals surface area contributed by atoms with Gasteiger partial charge in [-0.3, -0.25) is 4.68 Å². The fourth-order valence-electron chi connectivity index (χ4n) is 3.81. The van der Waals surface area contributed by atoms with Crippen LogP contribution in [0.1, 0.15) is 37.6 Å². The molecule has 1 N–H and O–H groups in total. The smallest absolute Gasteiger partial charge is 0.337 e. The van der Waals surface area contributed by atoms with Crippen LogP contribution in [-0.4, -0.2) is 19.7 Å². The molecule has 4 rings (SSSR count). The molecule has 0 spiro atoms. The molecule has 0 bridgehead atoms. The number of hydrogen-bond donors (Lipinski definition) is 1. The van der Waals surface area contributed by atoms with Gasteiger partial charge in [0.15, 0.2) is 5.82 Å². The van der Waals surface area contributed by atoms with Gasteiger partial charge in [-0.05, 0) is 29.8 Å². The minimum absolute atomic E-state index is 0.0399. The zero-order chi connectivity index (χ0) is 24.3. The molecular weight excluding hydrogens is 458 g/mol. The second kappa shape index (κ2) is 7.59. The topological polar surface area (TPSA) is 70.3 Å². The Morgan fingerprint density at radius 1 is 1.15 bits per heavy atom. The number of alkyl halides is 3. The average Bonchev–Trinajstić information content (AvgIpc) is 3.27. The summed E-state index contributed by atoms with van der Waals surface area (Å²) in [5.74, 6) is -0.746. The van der Waals surface area contributed by atoms with Crippen molar-refractivity contribution in [3.63, 3.8) is 0 Å². The SMILES string of the molecule is Cn1nc(C(C)(C)C)c(C#N)c1-c1nc2c(Cl)cc(-c3c(F)cccc3C(F)(F)F)cc2[nH]1. The van der Waals surface area contributed by atoms with E-state index in [4.69, 9.17) is 11.6 Å². The van der Waals surface area contributed by atoms with Crippen molar-refractivity contribution in [3.05, 3.63) is 58.0 Å². The average molecular weight is 476 g/mol. The highest BCUT2D eigenvalue weighted by Gasteiger charge is 2.35. The van der Waals surface area contributed by atoms with Gasteiger partial charge in [-0.15, -0.1) is 0 Å². The molecule has 170 valence electrons. The quantitative estimate of drug-likeness (QED) is 0.331. The van der Waals surface area contributed by atoms with Gasteiger partial charge in [0, 0.05) is 18.0 Å². The molecule has 0 radical (unpaired) electrons. The van der Waals surface area contributed by atoms with E-state index < -0.39 is 28.5 Å². The molecule has 0 aliphatic heterocycles. The predicted octanol–water partition coefficient (Wildman–Crippen LogP) is 6.61. The molecular formula is C23H18ClF4N5. The van der Waals surface area contributed by atoms with Crippen LogP contribution >= 0.6 is 11.6 Å². The molecule has 10 heteroatoms. The Labute approximate surface area is 191 Å². The first-order chi connectivity index (χ1) is 15.3. The summed E-state index contributed by atoms with van der Waals surface area (Å²) in [5.41, 5.74) is -0.258. The van der Waals surface area contributed by atoms with Crippen molar-refractivity contribution in [2.24, 2.45) is 7.05 Å². The van der Waals surface area contributed by atoms with Gasteiger partial charge in [0.1, 0.15) is 28.7 Å². The maximum Gasteiger partial charge on any atom is 0.417 e. The number of rotatable bonds is 2. The van der Waals surface area contributed by atoms with Crippen molar-refractivity contribution >= 4 is 22.6 Å². The van der Waals surface area contributed by atoms with E-state index in [1.807, 2.05) is 20.8 Å². The molecule has 2 aromatic carbocycles. The van der Waals surface area contributed by atoms with Crippen LogP contribution in [0.15, 0.2) is 30.3 Å². The number of aromatic amines is 1. The number of H-pyrrole nitrogens is 1. The predicted molar refractivity (Wildman–Crippen MR) is 117 cm³/mol. The Kier molecular flexibility index (Phi) is 5.25. The third-order valence-corrected chi connectivity index (χ3v) is 5.53. The second-order valence-electron chi connectivity index (χ2n) is 8.66.